The van der Waals surface area contributed by atoms with Crippen LogP contribution in [-0.2, 0) is 29.1 Å². The van der Waals surface area contributed by atoms with Crippen LogP contribution in [0.5, 0.6) is 0 Å². The molecule has 4 saturated carbocycles. The Morgan fingerprint density at radius 2 is 1.52 bits per heavy atom. The smallest absolute Gasteiger partial charge is 0.443 e. The number of aliphatic hydroxyl groups is 2. The molecule has 1 heterocycles. The van der Waals surface area contributed by atoms with Gasteiger partial charge in [0.05, 0.1) is 37.3 Å². The molecule has 3 atom stereocenters. The SMILES string of the molecule is O=C(OCC(F)(C(F)(F)F)S(=O)(=O)O)C12CC3CC(C1)C1(OCC(CO)(CO)CO1)C(C3)C2. The van der Waals surface area contributed by atoms with Gasteiger partial charge in [0.15, 0.2) is 12.4 Å². The minimum absolute atomic E-state index is 0.0227. The second-order valence-corrected chi connectivity index (χ2v) is 11.6. The molecule has 5 aliphatic rings. The van der Waals surface area contributed by atoms with E-state index in [1.165, 1.54) is 0 Å². The summed E-state index contributed by atoms with van der Waals surface area (Å²) in [5, 5.41) is 14.0. The van der Waals surface area contributed by atoms with Gasteiger partial charge in [-0.25, -0.2) is 4.39 Å². The van der Waals surface area contributed by atoms with Crippen LogP contribution in [0, 0.1) is 28.6 Å². The lowest BCUT2D eigenvalue weighted by Crippen LogP contribution is -2.68. The zero-order valence-electron chi connectivity index (χ0n) is 17.5. The van der Waals surface area contributed by atoms with Gasteiger partial charge in [-0.3, -0.25) is 9.35 Å². The minimum Gasteiger partial charge on any atom is -0.460 e. The number of esters is 1. The molecule has 3 unspecified atom stereocenters. The first kappa shape index (κ1) is 25.0. The molecular weight excluding hydrogens is 480 g/mol. The summed E-state index contributed by atoms with van der Waals surface area (Å²) in [5.74, 6) is -2.85. The van der Waals surface area contributed by atoms with E-state index in [9.17, 15) is 41.0 Å². The summed E-state index contributed by atoms with van der Waals surface area (Å²) in [7, 11) is -6.26. The van der Waals surface area contributed by atoms with E-state index in [1.807, 2.05) is 0 Å². The Morgan fingerprint density at radius 1 is 1.00 bits per heavy atom. The summed E-state index contributed by atoms with van der Waals surface area (Å²) in [5.41, 5.74) is -2.21. The van der Waals surface area contributed by atoms with Crippen LogP contribution in [0.1, 0.15) is 32.1 Å². The van der Waals surface area contributed by atoms with Crippen molar-refractivity contribution in [2.45, 2.75) is 49.1 Å². The third-order valence-electron chi connectivity index (χ3n) is 7.86. The molecule has 1 saturated heterocycles. The number of ether oxygens (including phenoxy) is 3. The van der Waals surface area contributed by atoms with Crippen LogP contribution in [-0.4, -0.2) is 79.2 Å². The second kappa shape index (κ2) is 7.72. The van der Waals surface area contributed by atoms with Gasteiger partial charge in [-0.15, -0.1) is 0 Å². The summed E-state index contributed by atoms with van der Waals surface area (Å²) in [6.45, 7) is -2.86. The lowest BCUT2D eigenvalue weighted by atomic mass is 9.47. The number of halogens is 4. The molecule has 0 amide bonds. The summed E-state index contributed by atoms with van der Waals surface area (Å²) < 4.78 is 101. The molecule has 0 aromatic carbocycles. The van der Waals surface area contributed by atoms with Crippen molar-refractivity contribution in [2.75, 3.05) is 33.0 Å². The number of carbonyl (C=O) groups is 1. The average molecular weight is 506 g/mol. The van der Waals surface area contributed by atoms with E-state index < -0.39 is 50.5 Å². The van der Waals surface area contributed by atoms with Gasteiger partial charge in [0.2, 0.25) is 0 Å². The monoisotopic (exact) mass is 506 g/mol. The average Bonchev–Trinajstić information content (AvgIpc) is 2.74. The molecule has 5 rings (SSSR count). The van der Waals surface area contributed by atoms with Gasteiger partial charge in [-0.1, -0.05) is 0 Å². The third kappa shape index (κ3) is 3.68. The Balaban J connectivity index is 1.51. The van der Waals surface area contributed by atoms with Crippen molar-refractivity contribution in [3.05, 3.63) is 0 Å². The Labute approximate surface area is 187 Å². The number of hydrogen-bond donors (Lipinski definition) is 3. The van der Waals surface area contributed by atoms with Crippen molar-refractivity contribution in [2.24, 2.45) is 28.6 Å². The molecule has 1 spiro atoms. The minimum atomic E-state index is -6.26. The first-order valence-corrected chi connectivity index (χ1v) is 12.0. The molecule has 5 fully saturated rings. The van der Waals surface area contributed by atoms with Crippen LogP contribution in [0.15, 0.2) is 0 Å². The fraction of sp³-hybridized carbons (Fsp3) is 0.947. The lowest BCUT2D eigenvalue weighted by Gasteiger charge is -2.64. The highest BCUT2D eigenvalue weighted by atomic mass is 32.2. The van der Waals surface area contributed by atoms with E-state index in [4.69, 9.17) is 14.0 Å². The van der Waals surface area contributed by atoms with E-state index >= 15 is 0 Å². The van der Waals surface area contributed by atoms with E-state index in [0.717, 1.165) is 0 Å². The summed E-state index contributed by atoms with van der Waals surface area (Å²) in [6, 6.07) is 0. The van der Waals surface area contributed by atoms with Crippen molar-refractivity contribution in [1.82, 2.24) is 0 Å². The number of carbonyl (C=O) groups excluding carboxylic acids is 1. The third-order valence-corrected chi connectivity index (χ3v) is 9.03. The number of rotatable bonds is 6. The Bertz CT molecular complexity index is 875. The Hall–Kier alpha value is -1.06. The predicted octanol–water partition coefficient (Wildman–Crippen LogP) is 1.19. The molecule has 4 bridgehead atoms. The van der Waals surface area contributed by atoms with Crippen LogP contribution in [0.25, 0.3) is 0 Å². The molecule has 3 N–H and O–H groups in total. The molecule has 0 radical (unpaired) electrons. The van der Waals surface area contributed by atoms with E-state index in [2.05, 4.69) is 4.74 Å². The first-order chi connectivity index (χ1) is 15.2. The summed E-state index contributed by atoms with van der Waals surface area (Å²) in [6.07, 6.45) is -4.22. The lowest BCUT2D eigenvalue weighted by molar-refractivity contribution is -0.390. The quantitative estimate of drug-likeness (QED) is 0.275. The van der Waals surface area contributed by atoms with E-state index in [1.54, 1.807) is 0 Å². The number of alkyl halides is 4. The van der Waals surface area contributed by atoms with Gasteiger partial charge in [0, 0.05) is 11.8 Å². The van der Waals surface area contributed by atoms with Crippen molar-refractivity contribution < 1.29 is 59.8 Å². The highest BCUT2D eigenvalue weighted by Crippen LogP contribution is 2.66. The van der Waals surface area contributed by atoms with Crippen LogP contribution in [0.2, 0.25) is 0 Å². The maximum Gasteiger partial charge on any atom is 0.443 e. The van der Waals surface area contributed by atoms with Crippen molar-refractivity contribution in [3.63, 3.8) is 0 Å². The van der Waals surface area contributed by atoms with Crippen LogP contribution in [0.3, 0.4) is 0 Å². The molecular formula is C19H26F4O9S. The van der Waals surface area contributed by atoms with Crippen LogP contribution >= 0.6 is 0 Å². The van der Waals surface area contributed by atoms with E-state index in [0.29, 0.717) is 19.3 Å². The Kier molecular flexibility index (Phi) is 5.86. The maximum absolute atomic E-state index is 14.2. The second-order valence-electron chi connectivity index (χ2n) is 10.0. The molecule has 190 valence electrons. The predicted molar refractivity (Wildman–Crippen MR) is 99.6 cm³/mol. The van der Waals surface area contributed by atoms with Gasteiger partial charge in [0.1, 0.15) is 0 Å². The first-order valence-electron chi connectivity index (χ1n) is 10.6. The van der Waals surface area contributed by atoms with Crippen molar-refractivity contribution in [3.8, 4) is 0 Å². The van der Waals surface area contributed by atoms with Crippen LogP contribution < -0.4 is 0 Å². The number of hydrogen-bond acceptors (Lipinski definition) is 8. The summed E-state index contributed by atoms with van der Waals surface area (Å²) in [4.78, 5) is 12.9. The topological polar surface area (TPSA) is 140 Å². The highest BCUT2D eigenvalue weighted by molar-refractivity contribution is 7.87. The van der Waals surface area contributed by atoms with Gasteiger partial charge >= 0.3 is 27.3 Å². The molecule has 0 aromatic rings. The fourth-order valence-corrected chi connectivity index (χ4v) is 6.61. The molecule has 14 heteroatoms. The zero-order chi connectivity index (χ0) is 24.5. The molecule has 33 heavy (non-hydrogen) atoms. The van der Waals surface area contributed by atoms with Gasteiger partial charge in [-0.05, 0) is 38.0 Å². The standard InChI is InChI=1S/C19H26F4O9S/c20-17(19(21,22)23,33(27,28)29)10-30-14(26)16-3-11-1-12(4-16)18(13(2-11)5-16)31-8-15(6-24,7-25)9-32-18/h11-13,24-25H,1-10H2,(H,27,28,29). The zero-order valence-corrected chi connectivity index (χ0v) is 18.3. The highest BCUT2D eigenvalue weighted by Gasteiger charge is 2.70. The largest absolute Gasteiger partial charge is 0.460 e. The molecule has 1 aliphatic heterocycles. The number of aliphatic hydroxyl groups excluding tert-OH is 2. The normalized spacial score (nSPS) is 36.5. The molecule has 0 aromatic heterocycles. The maximum atomic E-state index is 14.2. The van der Waals surface area contributed by atoms with Crippen LogP contribution in [0.4, 0.5) is 17.6 Å². The Morgan fingerprint density at radius 3 is 1.94 bits per heavy atom. The van der Waals surface area contributed by atoms with Gasteiger partial charge < -0.3 is 24.4 Å². The van der Waals surface area contributed by atoms with E-state index in [-0.39, 0.29) is 57.0 Å². The fourth-order valence-electron chi connectivity index (χ4n) is 6.11. The van der Waals surface area contributed by atoms with Gasteiger partial charge in [-0.2, -0.15) is 21.6 Å². The van der Waals surface area contributed by atoms with Crippen molar-refractivity contribution in [1.29, 1.82) is 0 Å². The molecule has 4 aliphatic carbocycles. The van der Waals surface area contributed by atoms with Crippen molar-refractivity contribution >= 4 is 16.1 Å². The van der Waals surface area contributed by atoms with Gasteiger partial charge in [0.25, 0.3) is 0 Å². The molecule has 9 nitrogen and oxygen atoms in total. The summed E-state index contributed by atoms with van der Waals surface area (Å²) >= 11 is 0.